The standard InChI is InChI=1S/C11H14O/c12-7-8-3-9-5-11(1-2-11)6-10(9)4-8/h3,7,9-10H,1-2,4-6H2. The van der Waals surface area contributed by atoms with E-state index >= 15 is 0 Å². The van der Waals surface area contributed by atoms with Crippen molar-refractivity contribution in [1.82, 2.24) is 0 Å². The van der Waals surface area contributed by atoms with Gasteiger partial charge in [-0.2, -0.15) is 0 Å². The molecule has 0 bridgehead atoms. The van der Waals surface area contributed by atoms with Crippen molar-refractivity contribution < 1.29 is 4.79 Å². The van der Waals surface area contributed by atoms with Crippen LogP contribution in [0.3, 0.4) is 0 Å². The van der Waals surface area contributed by atoms with Gasteiger partial charge >= 0.3 is 0 Å². The second-order valence-corrected chi connectivity index (χ2v) is 4.90. The third kappa shape index (κ3) is 0.825. The summed E-state index contributed by atoms with van der Waals surface area (Å²) in [5.41, 5.74) is 1.83. The van der Waals surface area contributed by atoms with Crippen molar-refractivity contribution in [3.05, 3.63) is 11.6 Å². The van der Waals surface area contributed by atoms with E-state index in [9.17, 15) is 4.79 Å². The van der Waals surface area contributed by atoms with Crippen LogP contribution in [0.5, 0.6) is 0 Å². The Morgan fingerprint density at radius 1 is 1.42 bits per heavy atom. The number of hydrogen-bond acceptors (Lipinski definition) is 1. The Hall–Kier alpha value is -0.590. The van der Waals surface area contributed by atoms with E-state index in [1.54, 1.807) is 0 Å². The zero-order chi connectivity index (χ0) is 8.18. The molecule has 0 aromatic rings. The lowest BCUT2D eigenvalue weighted by molar-refractivity contribution is -0.105. The van der Waals surface area contributed by atoms with Gasteiger partial charge in [0, 0.05) is 0 Å². The average molecular weight is 162 g/mol. The first kappa shape index (κ1) is 6.88. The Balaban J connectivity index is 1.82. The normalized spacial score (nSPS) is 41.2. The fraction of sp³-hybridized carbons (Fsp3) is 0.727. The van der Waals surface area contributed by atoms with Gasteiger partial charge in [-0.15, -0.1) is 0 Å². The minimum Gasteiger partial charge on any atom is -0.298 e. The first-order chi connectivity index (χ1) is 5.81. The minimum absolute atomic E-state index is 0.764. The Morgan fingerprint density at radius 3 is 2.83 bits per heavy atom. The Bertz CT molecular complexity index is 260. The van der Waals surface area contributed by atoms with E-state index in [-0.39, 0.29) is 0 Å². The molecule has 0 heterocycles. The Kier molecular flexibility index (Phi) is 1.15. The molecule has 0 aromatic carbocycles. The lowest BCUT2D eigenvalue weighted by Gasteiger charge is -2.05. The van der Waals surface area contributed by atoms with Crippen LogP contribution in [0.1, 0.15) is 32.1 Å². The van der Waals surface area contributed by atoms with E-state index in [0.29, 0.717) is 0 Å². The maximum atomic E-state index is 10.5. The summed E-state index contributed by atoms with van der Waals surface area (Å²) in [4.78, 5) is 10.5. The predicted octanol–water partition coefficient (Wildman–Crippen LogP) is 2.32. The van der Waals surface area contributed by atoms with Crippen molar-refractivity contribution >= 4 is 6.29 Å². The van der Waals surface area contributed by atoms with Gasteiger partial charge in [0.15, 0.2) is 0 Å². The van der Waals surface area contributed by atoms with E-state index in [2.05, 4.69) is 6.08 Å². The molecule has 1 heteroatoms. The molecule has 1 nitrogen and oxygen atoms in total. The molecule has 0 aromatic heterocycles. The summed E-state index contributed by atoms with van der Waals surface area (Å²) >= 11 is 0. The molecule has 0 N–H and O–H groups in total. The third-order valence-electron chi connectivity index (χ3n) is 4.00. The third-order valence-corrected chi connectivity index (χ3v) is 4.00. The van der Waals surface area contributed by atoms with Crippen LogP contribution < -0.4 is 0 Å². The fourth-order valence-corrected chi connectivity index (χ4v) is 3.19. The number of rotatable bonds is 1. The van der Waals surface area contributed by atoms with Crippen LogP contribution in [0, 0.1) is 17.3 Å². The second-order valence-electron chi connectivity index (χ2n) is 4.90. The number of carbonyl (C=O) groups is 1. The average Bonchev–Trinajstić information content (AvgIpc) is 2.52. The van der Waals surface area contributed by atoms with Gasteiger partial charge in [0.25, 0.3) is 0 Å². The quantitative estimate of drug-likeness (QED) is 0.541. The van der Waals surface area contributed by atoms with Gasteiger partial charge in [0.1, 0.15) is 6.29 Å². The van der Waals surface area contributed by atoms with Crippen LogP contribution in [0.15, 0.2) is 11.6 Å². The molecule has 0 saturated heterocycles. The van der Waals surface area contributed by atoms with Crippen molar-refractivity contribution in [2.45, 2.75) is 32.1 Å². The molecule has 2 saturated carbocycles. The number of hydrogen-bond donors (Lipinski definition) is 0. The first-order valence-electron chi connectivity index (χ1n) is 4.97. The van der Waals surface area contributed by atoms with Crippen LogP contribution >= 0.6 is 0 Å². The summed E-state index contributed by atoms with van der Waals surface area (Å²) < 4.78 is 0. The van der Waals surface area contributed by atoms with Crippen LogP contribution in [-0.2, 0) is 4.79 Å². The molecule has 2 atom stereocenters. The highest BCUT2D eigenvalue weighted by atomic mass is 16.1. The lowest BCUT2D eigenvalue weighted by atomic mass is 9.99. The van der Waals surface area contributed by atoms with Crippen molar-refractivity contribution in [3.63, 3.8) is 0 Å². The Labute approximate surface area is 72.8 Å². The predicted molar refractivity (Wildman–Crippen MR) is 46.6 cm³/mol. The largest absolute Gasteiger partial charge is 0.298 e. The van der Waals surface area contributed by atoms with Crippen molar-refractivity contribution in [3.8, 4) is 0 Å². The number of carbonyl (C=O) groups excluding carboxylic acids is 1. The van der Waals surface area contributed by atoms with Crippen LogP contribution in [-0.4, -0.2) is 6.29 Å². The number of aldehydes is 1. The molecule has 0 aliphatic heterocycles. The van der Waals surface area contributed by atoms with E-state index < -0.39 is 0 Å². The molecule has 0 amide bonds. The zero-order valence-corrected chi connectivity index (χ0v) is 7.25. The van der Waals surface area contributed by atoms with E-state index in [1.807, 2.05) is 0 Å². The zero-order valence-electron chi connectivity index (χ0n) is 7.25. The van der Waals surface area contributed by atoms with Gasteiger partial charge < -0.3 is 0 Å². The van der Waals surface area contributed by atoms with Gasteiger partial charge in [-0.3, -0.25) is 4.79 Å². The van der Waals surface area contributed by atoms with E-state index in [4.69, 9.17) is 0 Å². The van der Waals surface area contributed by atoms with Gasteiger partial charge in [-0.1, -0.05) is 6.08 Å². The Morgan fingerprint density at radius 2 is 2.25 bits per heavy atom. The van der Waals surface area contributed by atoms with Gasteiger partial charge in [0.2, 0.25) is 0 Å². The molecule has 3 aliphatic rings. The first-order valence-corrected chi connectivity index (χ1v) is 4.97. The second kappa shape index (κ2) is 2.01. The van der Waals surface area contributed by atoms with Crippen LogP contribution in [0.4, 0.5) is 0 Å². The van der Waals surface area contributed by atoms with Crippen molar-refractivity contribution in [2.75, 3.05) is 0 Å². The SMILES string of the molecule is O=CC1=CC2CC3(CC3)CC2C1. The maximum Gasteiger partial charge on any atom is 0.145 e. The van der Waals surface area contributed by atoms with Crippen LogP contribution in [0.25, 0.3) is 0 Å². The summed E-state index contributed by atoms with van der Waals surface area (Å²) in [5.74, 6) is 1.61. The highest BCUT2D eigenvalue weighted by Crippen LogP contribution is 2.64. The highest BCUT2D eigenvalue weighted by Gasteiger charge is 2.53. The fourth-order valence-electron chi connectivity index (χ4n) is 3.19. The highest BCUT2D eigenvalue weighted by molar-refractivity contribution is 5.74. The monoisotopic (exact) mass is 162 g/mol. The summed E-state index contributed by atoms with van der Waals surface area (Å²) in [5, 5.41) is 0. The molecule has 12 heavy (non-hydrogen) atoms. The summed E-state index contributed by atoms with van der Waals surface area (Å²) in [6.45, 7) is 0. The van der Waals surface area contributed by atoms with E-state index in [1.165, 1.54) is 25.7 Å². The summed E-state index contributed by atoms with van der Waals surface area (Å²) in [6, 6.07) is 0. The maximum absolute atomic E-state index is 10.5. The molecule has 64 valence electrons. The summed E-state index contributed by atoms with van der Waals surface area (Å²) in [7, 11) is 0. The molecule has 2 unspecified atom stereocenters. The van der Waals surface area contributed by atoms with E-state index in [0.717, 1.165) is 35.5 Å². The number of fused-ring (bicyclic) bond motifs is 1. The smallest absolute Gasteiger partial charge is 0.145 e. The van der Waals surface area contributed by atoms with Crippen molar-refractivity contribution in [2.24, 2.45) is 17.3 Å². The summed E-state index contributed by atoms with van der Waals surface area (Å²) in [6.07, 6.45) is 10.1. The van der Waals surface area contributed by atoms with Crippen molar-refractivity contribution in [1.29, 1.82) is 0 Å². The molecule has 1 spiro atoms. The molecular formula is C11H14O. The number of allylic oxidation sites excluding steroid dienone is 2. The molecular weight excluding hydrogens is 148 g/mol. The molecule has 2 fully saturated rings. The van der Waals surface area contributed by atoms with Gasteiger partial charge in [-0.05, 0) is 54.9 Å². The lowest BCUT2D eigenvalue weighted by Crippen LogP contribution is -1.97. The van der Waals surface area contributed by atoms with Gasteiger partial charge in [0.05, 0.1) is 0 Å². The van der Waals surface area contributed by atoms with Crippen LogP contribution in [0.2, 0.25) is 0 Å². The molecule has 3 rings (SSSR count). The minimum atomic E-state index is 0.764. The topological polar surface area (TPSA) is 17.1 Å². The molecule has 3 aliphatic carbocycles. The van der Waals surface area contributed by atoms with Gasteiger partial charge in [-0.25, -0.2) is 0 Å². The molecule has 0 radical (unpaired) electrons.